The topological polar surface area (TPSA) is 32.6 Å². The zero-order valence-corrected chi connectivity index (χ0v) is 8.07. The molecule has 70 valence electrons. The maximum Gasteiger partial charge on any atom is 0.0733 e. The largest absolute Gasteiger partial charge is 0.411 e. The molecule has 0 amide bonds. The Labute approximate surface area is 78.9 Å². The Hall–Kier alpha value is -1.31. The smallest absolute Gasteiger partial charge is 0.0733 e. The summed E-state index contributed by atoms with van der Waals surface area (Å²) in [6, 6.07) is 8.04. The van der Waals surface area contributed by atoms with Gasteiger partial charge in [-0.2, -0.15) is 0 Å². The molecule has 0 bridgehead atoms. The van der Waals surface area contributed by atoms with E-state index < -0.39 is 0 Å². The van der Waals surface area contributed by atoms with Crippen LogP contribution in [0.1, 0.15) is 25.0 Å². The van der Waals surface area contributed by atoms with Crippen molar-refractivity contribution in [2.45, 2.75) is 20.3 Å². The minimum atomic E-state index is 0.678. The summed E-state index contributed by atoms with van der Waals surface area (Å²) in [5.74, 6) is 0.678. The Morgan fingerprint density at radius 3 is 2.38 bits per heavy atom. The molecule has 0 spiro atoms. The molecule has 0 saturated heterocycles. The summed E-state index contributed by atoms with van der Waals surface area (Å²) in [7, 11) is 0. The van der Waals surface area contributed by atoms with E-state index in [1.165, 1.54) is 11.8 Å². The van der Waals surface area contributed by atoms with Gasteiger partial charge in [0, 0.05) is 0 Å². The molecule has 1 aromatic rings. The summed E-state index contributed by atoms with van der Waals surface area (Å²) in [4.78, 5) is 0. The van der Waals surface area contributed by atoms with E-state index in [2.05, 4.69) is 31.1 Å². The van der Waals surface area contributed by atoms with E-state index in [4.69, 9.17) is 5.21 Å². The monoisotopic (exact) mass is 177 g/mol. The van der Waals surface area contributed by atoms with Crippen LogP contribution in [0.2, 0.25) is 0 Å². The highest BCUT2D eigenvalue weighted by Crippen LogP contribution is 2.08. The van der Waals surface area contributed by atoms with Crippen molar-refractivity contribution >= 4 is 6.21 Å². The van der Waals surface area contributed by atoms with Crippen LogP contribution in [0.5, 0.6) is 0 Å². The molecule has 2 nitrogen and oxygen atoms in total. The van der Waals surface area contributed by atoms with Gasteiger partial charge in [-0.05, 0) is 23.5 Å². The van der Waals surface area contributed by atoms with E-state index in [-0.39, 0.29) is 0 Å². The molecule has 0 radical (unpaired) electrons. The summed E-state index contributed by atoms with van der Waals surface area (Å²) in [5, 5.41) is 11.3. The number of rotatable bonds is 3. The zero-order chi connectivity index (χ0) is 9.68. The number of hydrogen-bond acceptors (Lipinski definition) is 2. The summed E-state index contributed by atoms with van der Waals surface area (Å²) in [6.45, 7) is 4.40. The molecular weight excluding hydrogens is 162 g/mol. The maximum absolute atomic E-state index is 8.30. The Kier molecular flexibility index (Phi) is 3.50. The van der Waals surface area contributed by atoms with Gasteiger partial charge in [-0.15, -0.1) is 0 Å². The van der Waals surface area contributed by atoms with Crippen molar-refractivity contribution in [1.29, 1.82) is 0 Å². The van der Waals surface area contributed by atoms with Crippen molar-refractivity contribution in [1.82, 2.24) is 0 Å². The molecule has 13 heavy (non-hydrogen) atoms. The van der Waals surface area contributed by atoms with E-state index in [1.54, 1.807) is 0 Å². The van der Waals surface area contributed by atoms with Crippen LogP contribution in [0.15, 0.2) is 29.4 Å². The van der Waals surface area contributed by atoms with Crippen LogP contribution >= 0.6 is 0 Å². The number of nitrogens with zero attached hydrogens (tertiary/aromatic N) is 1. The van der Waals surface area contributed by atoms with E-state index in [0.717, 1.165) is 12.0 Å². The third-order valence-electron chi connectivity index (χ3n) is 1.83. The van der Waals surface area contributed by atoms with Crippen LogP contribution in [0.25, 0.3) is 0 Å². The van der Waals surface area contributed by atoms with Crippen molar-refractivity contribution in [2.75, 3.05) is 0 Å². The van der Waals surface area contributed by atoms with Crippen LogP contribution in [-0.4, -0.2) is 11.4 Å². The van der Waals surface area contributed by atoms with E-state index >= 15 is 0 Å². The third kappa shape index (κ3) is 3.28. The minimum absolute atomic E-state index is 0.678. The normalized spacial score (nSPS) is 11.3. The average Bonchev–Trinajstić information content (AvgIpc) is 2.08. The van der Waals surface area contributed by atoms with Gasteiger partial charge in [-0.3, -0.25) is 0 Å². The molecule has 1 rings (SSSR count). The highest BCUT2D eigenvalue weighted by Gasteiger charge is 1.96. The first-order valence-electron chi connectivity index (χ1n) is 4.48. The Balaban J connectivity index is 2.69. The fraction of sp³-hybridized carbons (Fsp3) is 0.364. The van der Waals surface area contributed by atoms with Crippen LogP contribution in [0.4, 0.5) is 0 Å². The molecule has 0 aromatic heterocycles. The van der Waals surface area contributed by atoms with Crippen LogP contribution in [-0.2, 0) is 6.42 Å². The van der Waals surface area contributed by atoms with Crippen molar-refractivity contribution in [3.63, 3.8) is 0 Å². The summed E-state index contributed by atoms with van der Waals surface area (Å²) in [5.41, 5.74) is 2.25. The Bertz CT molecular complexity index is 275. The van der Waals surface area contributed by atoms with Gasteiger partial charge in [0.15, 0.2) is 0 Å². The molecule has 0 unspecified atom stereocenters. The quantitative estimate of drug-likeness (QED) is 0.429. The number of benzene rings is 1. The maximum atomic E-state index is 8.30. The lowest BCUT2D eigenvalue weighted by Gasteiger charge is -2.04. The van der Waals surface area contributed by atoms with Gasteiger partial charge in [0.1, 0.15) is 0 Å². The van der Waals surface area contributed by atoms with Gasteiger partial charge in [0.05, 0.1) is 6.21 Å². The molecule has 1 aromatic carbocycles. The van der Waals surface area contributed by atoms with Gasteiger partial charge >= 0.3 is 0 Å². The fourth-order valence-corrected chi connectivity index (χ4v) is 1.28. The Morgan fingerprint density at radius 1 is 1.31 bits per heavy atom. The van der Waals surface area contributed by atoms with E-state index in [1.807, 2.05) is 12.1 Å². The molecule has 0 fully saturated rings. The first-order chi connectivity index (χ1) is 6.22. The SMILES string of the molecule is CC(C)Cc1ccc(C=NO)cc1. The second-order valence-electron chi connectivity index (χ2n) is 3.58. The minimum Gasteiger partial charge on any atom is -0.411 e. The van der Waals surface area contributed by atoms with Crippen molar-refractivity contribution in [3.05, 3.63) is 35.4 Å². The van der Waals surface area contributed by atoms with Crippen LogP contribution < -0.4 is 0 Å². The van der Waals surface area contributed by atoms with Gasteiger partial charge in [0.25, 0.3) is 0 Å². The van der Waals surface area contributed by atoms with Crippen molar-refractivity contribution in [2.24, 2.45) is 11.1 Å². The first-order valence-corrected chi connectivity index (χ1v) is 4.48. The lowest BCUT2D eigenvalue weighted by molar-refractivity contribution is 0.322. The second-order valence-corrected chi connectivity index (χ2v) is 3.58. The predicted molar refractivity (Wildman–Crippen MR) is 54.4 cm³/mol. The standard InChI is InChI=1S/C11H15NO/c1-9(2)7-10-3-5-11(6-4-10)8-12-13/h3-6,8-9,13H,7H2,1-2H3. The summed E-state index contributed by atoms with van der Waals surface area (Å²) >= 11 is 0. The summed E-state index contributed by atoms with van der Waals surface area (Å²) < 4.78 is 0. The van der Waals surface area contributed by atoms with Crippen LogP contribution in [0, 0.1) is 5.92 Å². The van der Waals surface area contributed by atoms with E-state index in [9.17, 15) is 0 Å². The molecule has 0 atom stereocenters. The first kappa shape index (κ1) is 9.78. The fourth-order valence-electron chi connectivity index (χ4n) is 1.28. The molecule has 1 N–H and O–H groups in total. The van der Waals surface area contributed by atoms with Crippen LogP contribution in [0.3, 0.4) is 0 Å². The highest BCUT2D eigenvalue weighted by atomic mass is 16.4. The van der Waals surface area contributed by atoms with Gasteiger partial charge in [0.2, 0.25) is 0 Å². The lowest BCUT2D eigenvalue weighted by atomic mass is 10.0. The van der Waals surface area contributed by atoms with Crippen molar-refractivity contribution < 1.29 is 5.21 Å². The van der Waals surface area contributed by atoms with Gasteiger partial charge in [-0.25, -0.2) is 0 Å². The second kappa shape index (κ2) is 4.65. The van der Waals surface area contributed by atoms with Gasteiger partial charge < -0.3 is 5.21 Å². The summed E-state index contributed by atoms with van der Waals surface area (Å²) in [6.07, 6.45) is 2.52. The third-order valence-corrected chi connectivity index (χ3v) is 1.83. The molecule has 0 aliphatic heterocycles. The zero-order valence-electron chi connectivity index (χ0n) is 8.07. The Morgan fingerprint density at radius 2 is 1.92 bits per heavy atom. The molecule has 0 saturated carbocycles. The van der Waals surface area contributed by atoms with E-state index in [0.29, 0.717) is 5.92 Å². The molecular formula is C11H15NO. The molecule has 0 aliphatic rings. The molecule has 2 heteroatoms. The number of hydrogen-bond donors (Lipinski definition) is 1. The lowest BCUT2D eigenvalue weighted by Crippen LogP contribution is -1.93. The predicted octanol–water partition coefficient (Wildman–Crippen LogP) is 2.69. The number of oxime groups is 1. The van der Waals surface area contributed by atoms with Gasteiger partial charge in [-0.1, -0.05) is 43.3 Å². The average molecular weight is 177 g/mol. The highest BCUT2D eigenvalue weighted by molar-refractivity contribution is 5.78. The molecule has 0 aliphatic carbocycles. The molecule has 0 heterocycles. The van der Waals surface area contributed by atoms with Crippen molar-refractivity contribution in [3.8, 4) is 0 Å².